The summed E-state index contributed by atoms with van der Waals surface area (Å²) in [6.07, 6.45) is 24.3. The van der Waals surface area contributed by atoms with Crippen molar-refractivity contribution in [3.8, 4) is 0 Å². The summed E-state index contributed by atoms with van der Waals surface area (Å²) >= 11 is 6.35. The van der Waals surface area contributed by atoms with E-state index in [1.807, 2.05) is 0 Å². The summed E-state index contributed by atoms with van der Waals surface area (Å²) < 4.78 is 0. The molecule has 0 bridgehead atoms. The Kier molecular flexibility index (Phi) is 19.3. The summed E-state index contributed by atoms with van der Waals surface area (Å²) in [7, 11) is -1.32. The third-order valence-corrected chi connectivity index (χ3v) is 7.52. The number of halogens is 1. The van der Waals surface area contributed by atoms with Crippen molar-refractivity contribution in [2.24, 2.45) is 0 Å². The molecule has 0 saturated carbocycles. The minimum Gasteiger partial charge on any atom is -0.481 e. The van der Waals surface area contributed by atoms with Gasteiger partial charge in [-0.2, -0.15) is 11.1 Å². The molecule has 0 radical (unpaired) electrons. The fraction of sp³-hybridized carbons (Fsp3) is 0.957. The van der Waals surface area contributed by atoms with Crippen LogP contribution in [0.5, 0.6) is 0 Å². The van der Waals surface area contributed by atoms with Crippen molar-refractivity contribution in [3.05, 3.63) is 0 Å². The first-order valence-electron chi connectivity index (χ1n) is 11.8. The minimum atomic E-state index is -1.32. The van der Waals surface area contributed by atoms with Crippen LogP contribution < -0.4 is 0 Å². The third kappa shape index (κ3) is 26.0. The molecule has 27 heavy (non-hydrogen) atoms. The average molecular weight is 419 g/mol. The van der Waals surface area contributed by atoms with E-state index >= 15 is 0 Å². The predicted molar refractivity (Wildman–Crippen MR) is 124 cm³/mol. The molecule has 0 unspecified atom stereocenters. The molecule has 0 amide bonds. The fourth-order valence-corrected chi connectivity index (χ4v) is 5.14. The van der Waals surface area contributed by atoms with E-state index < -0.39 is 13.4 Å². The lowest BCUT2D eigenvalue weighted by atomic mass is 10.0. The Morgan fingerprint density at radius 3 is 1.11 bits per heavy atom. The highest BCUT2D eigenvalue weighted by Gasteiger charge is 2.15. The van der Waals surface area contributed by atoms with Crippen LogP contribution in [0, 0.1) is 0 Å². The van der Waals surface area contributed by atoms with E-state index in [1.54, 1.807) is 0 Å². The topological polar surface area (TPSA) is 37.3 Å². The predicted octanol–water partition coefficient (Wildman–Crippen LogP) is 8.93. The van der Waals surface area contributed by atoms with Crippen molar-refractivity contribution in [2.45, 2.75) is 141 Å². The van der Waals surface area contributed by atoms with E-state index in [-0.39, 0.29) is 0 Å². The molecule has 0 saturated heterocycles. The van der Waals surface area contributed by atoms with Gasteiger partial charge in [-0.1, -0.05) is 122 Å². The number of hydrogen-bond acceptors (Lipinski definition) is 1. The molecule has 2 nitrogen and oxygen atoms in total. The fourth-order valence-electron chi connectivity index (χ4n) is 3.65. The molecule has 1 N–H and O–H groups in total. The average Bonchev–Trinajstić information content (AvgIpc) is 2.58. The third-order valence-electron chi connectivity index (χ3n) is 5.41. The van der Waals surface area contributed by atoms with E-state index in [1.165, 1.54) is 109 Å². The molecule has 0 heterocycles. The molecule has 0 aliphatic heterocycles. The van der Waals surface area contributed by atoms with Crippen molar-refractivity contribution < 1.29 is 9.90 Å². The van der Waals surface area contributed by atoms with Gasteiger partial charge >= 0.3 is 5.97 Å². The molecule has 0 rings (SSSR count). The normalized spacial score (nSPS) is 11.8. The first-order chi connectivity index (χ1) is 12.9. The Bertz CT molecular complexity index is 329. The molecule has 162 valence electrons. The molecule has 0 aliphatic rings. The van der Waals surface area contributed by atoms with Gasteiger partial charge in [0, 0.05) is 6.42 Å². The quantitative estimate of drug-likeness (QED) is 0.115. The molecule has 0 fully saturated rings. The summed E-state index contributed by atoms with van der Waals surface area (Å²) in [5, 5.41) is 8.58. The smallest absolute Gasteiger partial charge is 0.303 e. The first kappa shape index (κ1) is 27.0. The molecule has 0 aliphatic carbocycles. The van der Waals surface area contributed by atoms with Crippen molar-refractivity contribution >= 4 is 24.4 Å². The van der Waals surface area contributed by atoms with Gasteiger partial charge in [0.15, 0.2) is 0 Å². The second-order valence-electron chi connectivity index (χ2n) is 8.98. The van der Waals surface area contributed by atoms with Crippen LogP contribution in [0.3, 0.4) is 0 Å². The van der Waals surface area contributed by atoms with Gasteiger partial charge in [0.2, 0.25) is 0 Å². The molecule has 0 spiro atoms. The lowest BCUT2D eigenvalue weighted by Crippen LogP contribution is -2.14. The van der Waals surface area contributed by atoms with Crippen molar-refractivity contribution in [3.63, 3.8) is 0 Å². The summed E-state index contributed by atoms with van der Waals surface area (Å²) in [6.45, 7) is 4.50. The van der Waals surface area contributed by atoms with Crippen LogP contribution in [0.25, 0.3) is 0 Å². The number of aliphatic carboxylic acids is 1. The van der Waals surface area contributed by atoms with Crippen LogP contribution >= 0.6 is 11.1 Å². The molecule has 0 aromatic carbocycles. The maximum absolute atomic E-state index is 10.4. The van der Waals surface area contributed by atoms with Crippen LogP contribution in [0.1, 0.15) is 122 Å². The SMILES string of the molecule is C[Si](C)(Cl)CCCCCCCCCCCCCCCCCCCCC(=O)O. The summed E-state index contributed by atoms with van der Waals surface area (Å²) in [5.74, 6) is -0.654. The Labute approximate surface area is 175 Å². The Morgan fingerprint density at radius 2 is 0.852 bits per heavy atom. The number of carbonyl (C=O) groups is 1. The van der Waals surface area contributed by atoms with Gasteiger partial charge in [-0.15, -0.1) is 0 Å². The Balaban J connectivity index is 3.04. The second-order valence-corrected chi connectivity index (χ2v) is 16.0. The number of hydrogen-bond donors (Lipinski definition) is 1. The van der Waals surface area contributed by atoms with Crippen LogP contribution in [-0.2, 0) is 4.79 Å². The highest BCUT2D eigenvalue weighted by Crippen LogP contribution is 2.19. The van der Waals surface area contributed by atoms with E-state index in [9.17, 15) is 4.79 Å². The van der Waals surface area contributed by atoms with Gasteiger partial charge in [-0.3, -0.25) is 4.79 Å². The summed E-state index contributed by atoms with van der Waals surface area (Å²) in [5.41, 5.74) is 0. The van der Waals surface area contributed by atoms with Gasteiger partial charge in [-0.05, 0) is 12.5 Å². The number of rotatable bonds is 21. The zero-order valence-electron chi connectivity index (χ0n) is 18.4. The molecule has 0 aromatic rings. The van der Waals surface area contributed by atoms with Crippen molar-refractivity contribution in [1.29, 1.82) is 0 Å². The summed E-state index contributed by atoms with van der Waals surface area (Å²) in [6, 6.07) is 1.28. The monoisotopic (exact) mass is 418 g/mol. The molecular weight excluding hydrogens is 372 g/mol. The van der Waals surface area contributed by atoms with E-state index in [4.69, 9.17) is 16.2 Å². The lowest BCUT2D eigenvalue weighted by Gasteiger charge is -2.11. The van der Waals surface area contributed by atoms with Crippen molar-refractivity contribution in [2.75, 3.05) is 0 Å². The van der Waals surface area contributed by atoms with E-state index in [0.29, 0.717) is 6.42 Å². The Morgan fingerprint density at radius 1 is 0.593 bits per heavy atom. The highest BCUT2D eigenvalue weighted by atomic mass is 35.6. The standard InChI is InChI=1S/C23H47ClO2Si/c1-27(2,24)22-20-18-16-14-12-10-8-6-4-3-5-7-9-11-13-15-17-19-21-23(25)26/h3-22H2,1-2H3,(H,25,26). The minimum absolute atomic E-state index is 0.342. The number of carboxylic acids is 1. The maximum atomic E-state index is 10.4. The van der Waals surface area contributed by atoms with Crippen LogP contribution in [0.4, 0.5) is 0 Å². The zero-order chi connectivity index (χ0) is 20.2. The highest BCUT2D eigenvalue weighted by molar-refractivity contribution is 7.19. The summed E-state index contributed by atoms with van der Waals surface area (Å²) in [4.78, 5) is 10.4. The van der Waals surface area contributed by atoms with Crippen molar-refractivity contribution in [1.82, 2.24) is 0 Å². The van der Waals surface area contributed by atoms with Gasteiger partial charge in [0.05, 0.1) is 0 Å². The second kappa shape index (κ2) is 19.3. The molecule has 0 aromatic heterocycles. The van der Waals surface area contributed by atoms with Crippen LogP contribution in [-0.4, -0.2) is 18.5 Å². The largest absolute Gasteiger partial charge is 0.481 e. The number of unbranched alkanes of at least 4 members (excludes halogenated alkanes) is 17. The van der Waals surface area contributed by atoms with Gasteiger partial charge in [0.1, 0.15) is 7.38 Å². The number of carboxylic acid groups (broad SMARTS) is 1. The molecule has 0 atom stereocenters. The Hall–Kier alpha value is -0.0231. The van der Waals surface area contributed by atoms with Crippen LogP contribution in [0.2, 0.25) is 19.1 Å². The van der Waals surface area contributed by atoms with E-state index in [0.717, 1.165) is 12.8 Å². The molecule has 4 heteroatoms. The molecular formula is C23H47ClO2Si. The van der Waals surface area contributed by atoms with E-state index in [2.05, 4.69) is 13.1 Å². The van der Waals surface area contributed by atoms with Gasteiger partial charge in [0.25, 0.3) is 0 Å². The first-order valence-corrected chi connectivity index (χ1v) is 16.0. The van der Waals surface area contributed by atoms with Crippen LogP contribution in [0.15, 0.2) is 0 Å². The lowest BCUT2D eigenvalue weighted by molar-refractivity contribution is -0.137. The van der Waals surface area contributed by atoms with Gasteiger partial charge in [-0.25, -0.2) is 0 Å². The zero-order valence-corrected chi connectivity index (χ0v) is 20.1. The maximum Gasteiger partial charge on any atom is 0.303 e. The van der Waals surface area contributed by atoms with Gasteiger partial charge < -0.3 is 5.11 Å².